The van der Waals surface area contributed by atoms with Crippen LogP contribution in [0.3, 0.4) is 0 Å². The molecule has 0 aliphatic rings. The summed E-state index contributed by atoms with van der Waals surface area (Å²) in [5.41, 5.74) is 1.15. The summed E-state index contributed by atoms with van der Waals surface area (Å²) < 4.78 is 7.19. The van der Waals surface area contributed by atoms with E-state index in [1.807, 2.05) is 0 Å². The number of carbonyl (C=O) groups excluding carboxylic acids is 3. The summed E-state index contributed by atoms with van der Waals surface area (Å²) in [6.07, 6.45) is -0.971. The Morgan fingerprint density at radius 2 is 1.58 bits per heavy atom. The first-order valence-electron chi connectivity index (χ1n) is 10.4. The van der Waals surface area contributed by atoms with Gasteiger partial charge in [0.15, 0.2) is 11.5 Å². The van der Waals surface area contributed by atoms with Gasteiger partial charge in [-0.05, 0) is 43.3 Å². The van der Waals surface area contributed by atoms with Crippen molar-refractivity contribution >= 4 is 50.8 Å². The van der Waals surface area contributed by atoms with Gasteiger partial charge in [-0.1, -0.05) is 24.3 Å². The Bertz CT molecular complexity index is 1380. The summed E-state index contributed by atoms with van der Waals surface area (Å²) in [6.45, 7) is 3.16. The molecular weight excluding hydrogens is 440 g/mol. The van der Waals surface area contributed by atoms with E-state index in [4.69, 9.17) is 4.74 Å². The van der Waals surface area contributed by atoms with Crippen molar-refractivity contribution in [2.45, 2.75) is 33.0 Å². The lowest BCUT2D eigenvalue weighted by Crippen LogP contribution is -2.26. The van der Waals surface area contributed by atoms with Crippen molar-refractivity contribution in [1.29, 1.82) is 0 Å². The van der Waals surface area contributed by atoms with E-state index in [-0.39, 0.29) is 23.7 Å². The Balaban J connectivity index is 1.54. The first-order chi connectivity index (χ1) is 15.8. The van der Waals surface area contributed by atoms with Crippen molar-refractivity contribution < 1.29 is 19.1 Å². The molecule has 168 valence electrons. The summed E-state index contributed by atoms with van der Waals surface area (Å²) in [5.74, 6) is -1.04. The van der Waals surface area contributed by atoms with Gasteiger partial charge >= 0.3 is 5.97 Å². The maximum absolute atomic E-state index is 12.8. The molecule has 0 saturated heterocycles. The minimum atomic E-state index is -0.971. The van der Waals surface area contributed by atoms with Gasteiger partial charge in [0, 0.05) is 22.6 Å². The van der Waals surface area contributed by atoms with Gasteiger partial charge in [-0.3, -0.25) is 19.2 Å². The molecule has 2 aromatic heterocycles. The topological polar surface area (TPSA) is 94.5 Å². The molecule has 33 heavy (non-hydrogen) atoms. The normalized spacial score (nSPS) is 11.9. The molecule has 0 aliphatic carbocycles. The Morgan fingerprint density at radius 1 is 0.970 bits per heavy atom. The average Bonchev–Trinajstić information content (AvgIpc) is 3.29. The molecule has 4 aromatic rings. The van der Waals surface area contributed by atoms with Gasteiger partial charge in [0.1, 0.15) is 6.54 Å². The van der Waals surface area contributed by atoms with Gasteiger partial charge in [-0.2, -0.15) is 0 Å². The van der Waals surface area contributed by atoms with E-state index >= 15 is 0 Å². The summed E-state index contributed by atoms with van der Waals surface area (Å²) in [7, 11) is 0. The number of carbonyl (C=O) groups is 3. The number of rotatable bonds is 7. The van der Waals surface area contributed by atoms with Crippen LogP contribution in [0.4, 0.5) is 0 Å². The van der Waals surface area contributed by atoms with Crippen LogP contribution in [0.15, 0.2) is 65.5 Å². The van der Waals surface area contributed by atoms with Gasteiger partial charge in [-0.15, -0.1) is 11.3 Å². The maximum Gasteiger partial charge on any atom is 0.326 e. The third kappa shape index (κ3) is 4.70. The summed E-state index contributed by atoms with van der Waals surface area (Å²) >= 11 is 1.25. The Kier molecular flexibility index (Phi) is 6.37. The minimum Gasteiger partial charge on any atom is -0.453 e. The van der Waals surface area contributed by atoms with Gasteiger partial charge in [0.2, 0.25) is 11.7 Å². The molecule has 0 radical (unpaired) electrons. The maximum atomic E-state index is 12.8. The fourth-order valence-corrected chi connectivity index (χ4v) is 4.65. The molecular formula is C25H22N2O5S. The molecule has 1 amide bonds. The molecule has 0 aliphatic heterocycles. The smallest absolute Gasteiger partial charge is 0.326 e. The van der Waals surface area contributed by atoms with Crippen molar-refractivity contribution in [3.05, 3.63) is 80.6 Å². The number of benzene rings is 2. The molecule has 2 aromatic carbocycles. The highest BCUT2D eigenvalue weighted by Crippen LogP contribution is 2.21. The summed E-state index contributed by atoms with van der Waals surface area (Å²) in [6, 6.07) is 17.6. The molecule has 0 fully saturated rings. The van der Waals surface area contributed by atoms with Crippen LogP contribution >= 0.6 is 11.3 Å². The number of para-hydroxylation sites is 2. The number of aromatic nitrogens is 1. The van der Waals surface area contributed by atoms with Crippen molar-refractivity contribution in [3.63, 3.8) is 0 Å². The lowest BCUT2D eigenvalue weighted by Gasteiger charge is -2.16. The largest absolute Gasteiger partial charge is 0.453 e. The zero-order chi connectivity index (χ0) is 23.5. The molecule has 0 saturated carbocycles. The second-order valence-corrected chi connectivity index (χ2v) is 8.79. The predicted molar refractivity (Wildman–Crippen MR) is 127 cm³/mol. The van der Waals surface area contributed by atoms with Crippen LogP contribution in [0.2, 0.25) is 0 Å². The van der Waals surface area contributed by atoms with Crippen LogP contribution in [-0.4, -0.2) is 28.3 Å². The number of pyridine rings is 1. The highest BCUT2D eigenvalue weighted by Gasteiger charge is 2.22. The number of hydrogen-bond acceptors (Lipinski definition) is 6. The quantitative estimate of drug-likeness (QED) is 0.257. The fourth-order valence-electron chi connectivity index (χ4n) is 3.68. The van der Waals surface area contributed by atoms with E-state index in [2.05, 4.69) is 5.32 Å². The molecule has 2 heterocycles. The van der Waals surface area contributed by atoms with Crippen LogP contribution in [0.5, 0.6) is 0 Å². The monoisotopic (exact) mass is 462 g/mol. The second-order valence-electron chi connectivity index (χ2n) is 7.62. The predicted octanol–water partition coefficient (Wildman–Crippen LogP) is 3.67. The van der Waals surface area contributed by atoms with Gasteiger partial charge in [0.25, 0.3) is 0 Å². The number of amides is 1. The first kappa shape index (κ1) is 22.4. The Hall–Kier alpha value is -3.78. The highest BCUT2D eigenvalue weighted by molar-refractivity contribution is 7.14. The van der Waals surface area contributed by atoms with Crippen molar-refractivity contribution in [1.82, 2.24) is 9.88 Å². The number of Topliss-reactive ketones (excluding diaryl/α,β-unsaturated/α-hetero) is 1. The van der Waals surface area contributed by atoms with E-state index in [1.54, 1.807) is 65.2 Å². The van der Waals surface area contributed by atoms with Gasteiger partial charge < -0.3 is 14.6 Å². The second kappa shape index (κ2) is 9.38. The molecule has 4 rings (SSSR count). The summed E-state index contributed by atoms with van der Waals surface area (Å²) in [4.78, 5) is 50.7. The van der Waals surface area contributed by atoms with Crippen LogP contribution < -0.4 is 10.7 Å². The molecule has 1 unspecified atom stereocenters. The average molecular weight is 463 g/mol. The third-order valence-corrected chi connectivity index (χ3v) is 6.36. The van der Waals surface area contributed by atoms with Crippen molar-refractivity contribution in [3.8, 4) is 0 Å². The van der Waals surface area contributed by atoms with E-state index in [0.717, 1.165) is 4.88 Å². The standard InChI is InChI=1S/C25H22N2O5S/c1-15(24(30)22-12-11-17(33-22)13-26-16(2)28)32-23(29)14-27-20-9-5-3-7-18(20)25(31)19-8-4-6-10-21(19)27/h3-12,15H,13-14H2,1-2H3,(H,26,28). The van der Waals surface area contributed by atoms with Crippen LogP contribution in [0, 0.1) is 0 Å². The van der Waals surface area contributed by atoms with E-state index in [9.17, 15) is 19.2 Å². The number of esters is 1. The zero-order valence-electron chi connectivity index (χ0n) is 18.2. The lowest BCUT2D eigenvalue weighted by molar-refractivity contribution is -0.146. The summed E-state index contributed by atoms with van der Waals surface area (Å²) in [5, 5.41) is 3.71. The van der Waals surface area contributed by atoms with Gasteiger partial charge in [0.05, 0.1) is 22.5 Å². The molecule has 0 spiro atoms. The van der Waals surface area contributed by atoms with Crippen LogP contribution in [0.1, 0.15) is 28.4 Å². The number of nitrogens with zero attached hydrogens (tertiary/aromatic N) is 1. The number of nitrogens with one attached hydrogen (secondary N) is 1. The molecule has 1 atom stereocenters. The van der Waals surface area contributed by atoms with Crippen molar-refractivity contribution in [2.75, 3.05) is 0 Å². The van der Waals surface area contributed by atoms with E-state index in [0.29, 0.717) is 33.2 Å². The molecule has 8 heteroatoms. The first-order valence-corrected chi connectivity index (χ1v) is 11.2. The fraction of sp³-hybridized carbons (Fsp3) is 0.200. The highest BCUT2D eigenvalue weighted by atomic mass is 32.1. The van der Waals surface area contributed by atoms with E-state index < -0.39 is 12.1 Å². The van der Waals surface area contributed by atoms with E-state index in [1.165, 1.54) is 25.2 Å². The SMILES string of the molecule is CC(=O)NCc1ccc(C(=O)C(C)OC(=O)Cn2c3ccccc3c(=O)c3ccccc32)s1. The lowest BCUT2D eigenvalue weighted by atomic mass is 10.1. The number of ketones is 1. The zero-order valence-corrected chi connectivity index (χ0v) is 19.0. The molecule has 7 nitrogen and oxygen atoms in total. The van der Waals surface area contributed by atoms with Crippen LogP contribution in [0.25, 0.3) is 21.8 Å². The Morgan fingerprint density at radius 3 is 2.18 bits per heavy atom. The minimum absolute atomic E-state index is 0.0953. The van der Waals surface area contributed by atoms with Crippen LogP contribution in [-0.2, 0) is 27.4 Å². The third-order valence-electron chi connectivity index (χ3n) is 5.26. The number of thiophene rings is 1. The number of hydrogen-bond donors (Lipinski definition) is 1. The Labute approximate surface area is 193 Å². The van der Waals surface area contributed by atoms with Gasteiger partial charge in [-0.25, -0.2) is 0 Å². The number of ether oxygens (including phenoxy) is 1. The van der Waals surface area contributed by atoms with Crippen molar-refractivity contribution in [2.24, 2.45) is 0 Å². The molecule has 0 bridgehead atoms. The molecule has 1 N–H and O–H groups in total. The number of fused-ring (bicyclic) bond motifs is 2.